The molecule has 0 unspecified atom stereocenters. The SMILES string of the molecule is C[C@H](Cn1c(=O)oc2ccccc21)NC(=O)[C@H]1CCCO1. The molecule has 2 aromatic rings. The summed E-state index contributed by atoms with van der Waals surface area (Å²) in [5, 5.41) is 2.89. The van der Waals surface area contributed by atoms with E-state index < -0.39 is 5.76 Å². The van der Waals surface area contributed by atoms with E-state index in [2.05, 4.69) is 5.32 Å². The number of benzene rings is 1. The molecule has 3 rings (SSSR count). The molecule has 21 heavy (non-hydrogen) atoms. The summed E-state index contributed by atoms with van der Waals surface area (Å²) in [4.78, 5) is 23.9. The van der Waals surface area contributed by atoms with Gasteiger partial charge >= 0.3 is 5.76 Å². The Bertz CT molecular complexity index is 697. The number of nitrogens with one attached hydrogen (secondary N) is 1. The van der Waals surface area contributed by atoms with Crippen molar-refractivity contribution < 1.29 is 13.9 Å². The topological polar surface area (TPSA) is 73.5 Å². The van der Waals surface area contributed by atoms with Crippen LogP contribution in [0.3, 0.4) is 0 Å². The van der Waals surface area contributed by atoms with E-state index in [0.717, 1.165) is 18.4 Å². The standard InChI is InChI=1S/C15H18N2O4/c1-10(16-14(18)13-7-4-8-20-13)9-17-11-5-2-3-6-12(11)21-15(17)19/h2-3,5-6,10,13H,4,7-9H2,1H3,(H,16,18)/t10-,13-/m1/s1. The van der Waals surface area contributed by atoms with Crippen LogP contribution in [0, 0.1) is 0 Å². The number of nitrogens with zero attached hydrogens (tertiary/aromatic N) is 1. The molecule has 1 saturated heterocycles. The zero-order valence-corrected chi connectivity index (χ0v) is 11.9. The molecule has 1 aliphatic rings. The molecule has 1 aromatic carbocycles. The highest BCUT2D eigenvalue weighted by Crippen LogP contribution is 2.14. The van der Waals surface area contributed by atoms with Gasteiger partial charge < -0.3 is 14.5 Å². The molecule has 6 nitrogen and oxygen atoms in total. The molecule has 0 saturated carbocycles. The first kappa shape index (κ1) is 13.9. The highest BCUT2D eigenvalue weighted by atomic mass is 16.5. The molecular formula is C15H18N2O4. The van der Waals surface area contributed by atoms with Crippen molar-refractivity contribution in [3.63, 3.8) is 0 Å². The van der Waals surface area contributed by atoms with Crippen molar-refractivity contribution in [2.75, 3.05) is 6.61 Å². The molecule has 112 valence electrons. The molecular weight excluding hydrogens is 272 g/mol. The fourth-order valence-corrected chi connectivity index (χ4v) is 2.63. The number of aromatic nitrogens is 1. The molecule has 0 radical (unpaired) electrons. The Morgan fingerprint density at radius 1 is 1.48 bits per heavy atom. The zero-order chi connectivity index (χ0) is 14.8. The molecule has 2 heterocycles. The Morgan fingerprint density at radius 2 is 2.29 bits per heavy atom. The summed E-state index contributed by atoms with van der Waals surface area (Å²) in [5.74, 6) is -0.518. The smallest absolute Gasteiger partial charge is 0.408 e. The van der Waals surface area contributed by atoms with Gasteiger partial charge in [-0.2, -0.15) is 0 Å². The number of hydrogen-bond acceptors (Lipinski definition) is 4. The van der Waals surface area contributed by atoms with Gasteiger partial charge in [0.1, 0.15) is 6.10 Å². The lowest BCUT2D eigenvalue weighted by atomic mass is 10.2. The van der Waals surface area contributed by atoms with Crippen molar-refractivity contribution >= 4 is 17.0 Å². The van der Waals surface area contributed by atoms with Gasteiger partial charge in [-0.1, -0.05) is 12.1 Å². The third-order valence-electron chi connectivity index (χ3n) is 3.64. The Morgan fingerprint density at radius 3 is 3.05 bits per heavy atom. The van der Waals surface area contributed by atoms with Gasteiger partial charge in [0.15, 0.2) is 5.58 Å². The van der Waals surface area contributed by atoms with Gasteiger partial charge in [0.25, 0.3) is 0 Å². The van der Waals surface area contributed by atoms with Crippen molar-refractivity contribution in [3.05, 3.63) is 34.8 Å². The lowest BCUT2D eigenvalue weighted by Crippen LogP contribution is -2.42. The first-order chi connectivity index (χ1) is 10.1. The average Bonchev–Trinajstić information content (AvgIpc) is 3.08. The van der Waals surface area contributed by atoms with Crippen LogP contribution < -0.4 is 11.1 Å². The predicted molar refractivity (Wildman–Crippen MR) is 77.1 cm³/mol. The van der Waals surface area contributed by atoms with Crippen LogP contribution in [0.5, 0.6) is 0 Å². The largest absolute Gasteiger partial charge is 0.420 e. The minimum Gasteiger partial charge on any atom is -0.408 e. The fourth-order valence-electron chi connectivity index (χ4n) is 2.63. The third-order valence-corrected chi connectivity index (χ3v) is 3.64. The maximum atomic E-state index is 12.0. The van der Waals surface area contributed by atoms with Gasteiger partial charge in [0.05, 0.1) is 5.52 Å². The first-order valence-electron chi connectivity index (χ1n) is 7.15. The van der Waals surface area contributed by atoms with E-state index in [0.29, 0.717) is 18.7 Å². The maximum absolute atomic E-state index is 12.0. The van der Waals surface area contributed by atoms with Crippen LogP contribution in [0.2, 0.25) is 0 Å². The normalized spacial score (nSPS) is 19.8. The summed E-state index contributed by atoms with van der Waals surface area (Å²) in [5.41, 5.74) is 1.29. The van der Waals surface area contributed by atoms with Gasteiger partial charge in [-0.05, 0) is 31.9 Å². The summed E-state index contributed by atoms with van der Waals surface area (Å²) < 4.78 is 12.1. The van der Waals surface area contributed by atoms with Crippen molar-refractivity contribution in [1.82, 2.24) is 9.88 Å². The van der Waals surface area contributed by atoms with Crippen LogP contribution >= 0.6 is 0 Å². The van der Waals surface area contributed by atoms with Crippen molar-refractivity contribution in [2.45, 2.75) is 38.5 Å². The number of rotatable bonds is 4. The number of ether oxygens (including phenoxy) is 1. The summed E-state index contributed by atoms with van der Waals surface area (Å²) >= 11 is 0. The lowest BCUT2D eigenvalue weighted by molar-refractivity contribution is -0.130. The third kappa shape index (κ3) is 2.85. The number of carbonyl (C=O) groups is 1. The summed E-state index contributed by atoms with van der Waals surface area (Å²) in [6.07, 6.45) is 1.32. The van der Waals surface area contributed by atoms with Gasteiger partial charge in [-0.25, -0.2) is 4.79 Å². The molecule has 1 aromatic heterocycles. The Kier molecular flexibility index (Phi) is 3.79. The molecule has 1 N–H and O–H groups in total. The summed E-state index contributed by atoms with van der Waals surface area (Å²) in [6.45, 7) is 2.87. The number of carbonyl (C=O) groups excluding carboxylic acids is 1. The average molecular weight is 290 g/mol. The van der Waals surface area contributed by atoms with Crippen molar-refractivity contribution in [2.24, 2.45) is 0 Å². The number of para-hydroxylation sites is 2. The minimum atomic E-state index is -0.408. The first-order valence-corrected chi connectivity index (χ1v) is 7.15. The monoisotopic (exact) mass is 290 g/mol. The summed E-state index contributed by atoms with van der Waals surface area (Å²) in [7, 11) is 0. The molecule has 2 atom stereocenters. The molecule has 6 heteroatoms. The van der Waals surface area contributed by atoms with Crippen LogP contribution in [-0.2, 0) is 16.1 Å². The van der Waals surface area contributed by atoms with Crippen LogP contribution in [0.25, 0.3) is 11.1 Å². The van der Waals surface area contributed by atoms with Gasteiger partial charge in [-0.3, -0.25) is 9.36 Å². The zero-order valence-electron chi connectivity index (χ0n) is 11.9. The predicted octanol–water partition coefficient (Wildman–Crippen LogP) is 1.28. The number of fused-ring (bicyclic) bond motifs is 1. The van der Waals surface area contributed by atoms with E-state index >= 15 is 0 Å². The van der Waals surface area contributed by atoms with Crippen LogP contribution in [0.1, 0.15) is 19.8 Å². The number of oxazole rings is 1. The molecule has 0 bridgehead atoms. The highest BCUT2D eigenvalue weighted by molar-refractivity contribution is 5.81. The minimum absolute atomic E-state index is 0.110. The Labute approximate surface area is 121 Å². The molecule has 1 amide bonds. The molecule has 1 aliphatic heterocycles. The second-order valence-corrected chi connectivity index (χ2v) is 5.36. The van der Waals surface area contributed by atoms with Crippen molar-refractivity contribution in [3.8, 4) is 0 Å². The van der Waals surface area contributed by atoms with Crippen LogP contribution in [-0.4, -0.2) is 29.2 Å². The van der Waals surface area contributed by atoms with Crippen LogP contribution in [0.15, 0.2) is 33.5 Å². The lowest BCUT2D eigenvalue weighted by Gasteiger charge is -2.17. The van der Waals surface area contributed by atoms with E-state index in [9.17, 15) is 9.59 Å². The molecule has 1 fully saturated rings. The second kappa shape index (κ2) is 5.73. The maximum Gasteiger partial charge on any atom is 0.420 e. The Hall–Kier alpha value is -2.08. The fraction of sp³-hybridized carbons (Fsp3) is 0.467. The van der Waals surface area contributed by atoms with Crippen LogP contribution in [0.4, 0.5) is 0 Å². The molecule has 0 spiro atoms. The second-order valence-electron chi connectivity index (χ2n) is 5.36. The van der Waals surface area contributed by atoms with Crippen molar-refractivity contribution in [1.29, 1.82) is 0 Å². The quantitative estimate of drug-likeness (QED) is 0.920. The van der Waals surface area contributed by atoms with E-state index in [1.165, 1.54) is 4.57 Å². The Balaban J connectivity index is 1.71. The van der Waals surface area contributed by atoms with Gasteiger partial charge in [0.2, 0.25) is 5.91 Å². The van der Waals surface area contributed by atoms with E-state index in [-0.39, 0.29) is 18.1 Å². The van der Waals surface area contributed by atoms with E-state index in [1.807, 2.05) is 25.1 Å². The highest BCUT2D eigenvalue weighted by Gasteiger charge is 2.24. The summed E-state index contributed by atoms with van der Waals surface area (Å²) in [6, 6.07) is 7.07. The molecule has 0 aliphatic carbocycles. The van der Waals surface area contributed by atoms with E-state index in [4.69, 9.17) is 9.15 Å². The van der Waals surface area contributed by atoms with Gasteiger partial charge in [0, 0.05) is 19.2 Å². The number of amides is 1. The number of hydrogen-bond donors (Lipinski definition) is 1. The van der Waals surface area contributed by atoms with E-state index in [1.54, 1.807) is 6.07 Å². The van der Waals surface area contributed by atoms with Gasteiger partial charge in [-0.15, -0.1) is 0 Å².